The average molecular weight is 384 g/mol. The zero-order valence-corrected chi connectivity index (χ0v) is 16.3. The molecular weight excluding hydrogens is 360 g/mol. The quantitative estimate of drug-likeness (QED) is 0.685. The summed E-state index contributed by atoms with van der Waals surface area (Å²) in [4.78, 5) is 27.7. The second kappa shape index (κ2) is 8.74. The SMILES string of the molecule is O=C1CC(C(=O)N(CCc2ccccc2)Cc2ccccc2)c2ccccc2N1. The highest BCUT2D eigenvalue weighted by atomic mass is 16.2. The molecule has 0 saturated heterocycles. The van der Waals surface area contributed by atoms with E-state index in [2.05, 4.69) is 17.4 Å². The Morgan fingerprint density at radius 1 is 0.862 bits per heavy atom. The molecule has 1 heterocycles. The van der Waals surface area contributed by atoms with Crippen molar-refractivity contribution in [2.75, 3.05) is 11.9 Å². The van der Waals surface area contributed by atoms with Gasteiger partial charge in [0.25, 0.3) is 0 Å². The molecule has 1 aliphatic rings. The number of hydrogen-bond donors (Lipinski definition) is 1. The van der Waals surface area contributed by atoms with Gasteiger partial charge in [0.2, 0.25) is 11.8 Å². The fourth-order valence-corrected chi connectivity index (χ4v) is 3.83. The lowest BCUT2D eigenvalue weighted by molar-refractivity contribution is -0.135. The van der Waals surface area contributed by atoms with Gasteiger partial charge in [0.05, 0.1) is 5.92 Å². The molecule has 0 spiro atoms. The van der Waals surface area contributed by atoms with Gasteiger partial charge in [-0.1, -0.05) is 78.9 Å². The van der Waals surface area contributed by atoms with E-state index in [9.17, 15) is 9.59 Å². The first kappa shape index (κ1) is 18.9. The fourth-order valence-electron chi connectivity index (χ4n) is 3.83. The van der Waals surface area contributed by atoms with Crippen molar-refractivity contribution in [3.8, 4) is 0 Å². The monoisotopic (exact) mass is 384 g/mol. The molecule has 1 atom stereocenters. The Balaban J connectivity index is 1.59. The van der Waals surface area contributed by atoms with Gasteiger partial charge in [-0.3, -0.25) is 9.59 Å². The molecule has 0 aromatic heterocycles. The van der Waals surface area contributed by atoms with Crippen LogP contribution < -0.4 is 5.32 Å². The molecule has 4 rings (SSSR count). The normalized spacial score (nSPS) is 15.3. The fraction of sp³-hybridized carbons (Fsp3) is 0.200. The summed E-state index contributed by atoms with van der Waals surface area (Å²) in [7, 11) is 0. The van der Waals surface area contributed by atoms with E-state index < -0.39 is 5.92 Å². The van der Waals surface area contributed by atoms with Gasteiger partial charge in [-0.05, 0) is 29.2 Å². The van der Waals surface area contributed by atoms with Gasteiger partial charge in [0, 0.05) is 25.2 Å². The van der Waals surface area contributed by atoms with Crippen molar-refractivity contribution in [3.05, 3.63) is 102 Å². The van der Waals surface area contributed by atoms with Crippen LogP contribution in [0.2, 0.25) is 0 Å². The molecule has 2 amide bonds. The second-order valence-electron chi connectivity index (χ2n) is 7.37. The number of carbonyl (C=O) groups excluding carboxylic acids is 2. The predicted octanol–water partition coefficient (Wildman–Crippen LogP) is 4.38. The van der Waals surface area contributed by atoms with E-state index in [1.807, 2.05) is 77.7 Å². The number of hydrogen-bond acceptors (Lipinski definition) is 2. The zero-order valence-electron chi connectivity index (χ0n) is 16.3. The molecule has 1 unspecified atom stereocenters. The highest BCUT2D eigenvalue weighted by Crippen LogP contribution is 2.33. The van der Waals surface area contributed by atoms with E-state index in [1.54, 1.807) is 0 Å². The van der Waals surface area contributed by atoms with E-state index in [1.165, 1.54) is 5.56 Å². The summed E-state index contributed by atoms with van der Waals surface area (Å²) in [6.07, 6.45) is 0.965. The molecule has 0 aliphatic carbocycles. The lowest BCUT2D eigenvalue weighted by Crippen LogP contribution is -2.39. The van der Waals surface area contributed by atoms with Crippen LogP contribution in [0.25, 0.3) is 0 Å². The third-order valence-electron chi connectivity index (χ3n) is 5.34. The second-order valence-corrected chi connectivity index (χ2v) is 7.37. The van der Waals surface area contributed by atoms with Gasteiger partial charge in [-0.25, -0.2) is 0 Å². The summed E-state index contributed by atoms with van der Waals surface area (Å²) in [5.41, 5.74) is 3.92. The maximum absolute atomic E-state index is 13.6. The highest BCUT2D eigenvalue weighted by Gasteiger charge is 2.33. The largest absolute Gasteiger partial charge is 0.337 e. The van der Waals surface area contributed by atoms with Gasteiger partial charge in [0.1, 0.15) is 0 Å². The molecule has 0 bridgehead atoms. The maximum atomic E-state index is 13.6. The molecule has 0 fully saturated rings. The van der Waals surface area contributed by atoms with Gasteiger partial charge >= 0.3 is 0 Å². The Kier molecular flexibility index (Phi) is 5.71. The molecule has 1 aliphatic heterocycles. The van der Waals surface area contributed by atoms with Crippen LogP contribution in [0.5, 0.6) is 0 Å². The number of para-hydroxylation sites is 1. The number of fused-ring (bicyclic) bond motifs is 1. The number of carbonyl (C=O) groups is 2. The number of rotatable bonds is 6. The van der Waals surface area contributed by atoms with Crippen molar-refractivity contribution < 1.29 is 9.59 Å². The molecule has 0 radical (unpaired) electrons. The third kappa shape index (κ3) is 4.54. The van der Waals surface area contributed by atoms with Crippen molar-refractivity contribution >= 4 is 17.5 Å². The summed E-state index contributed by atoms with van der Waals surface area (Å²) in [5, 5.41) is 2.88. The van der Waals surface area contributed by atoms with Crippen LogP contribution >= 0.6 is 0 Å². The molecule has 3 aromatic carbocycles. The van der Waals surface area contributed by atoms with Gasteiger partial charge in [-0.15, -0.1) is 0 Å². The minimum atomic E-state index is -0.445. The van der Waals surface area contributed by atoms with Crippen LogP contribution in [0.4, 0.5) is 5.69 Å². The average Bonchev–Trinajstić information content (AvgIpc) is 2.77. The lowest BCUT2D eigenvalue weighted by Gasteiger charge is -2.31. The Labute approximate surface area is 171 Å². The number of nitrogens with zero attached hydrogens (tertiary/aromatic N) is 1. The smallest absolute Gasteiger partial charge is 0.231 e. The van der Waals surface area contributed by atoms with Crippen molar-refractivity contribution in [2.24, 2.45) is 0 Å². The number of nitrogens with one attached hydrogen (secondary N) is 1. The topological polar surface area (TPSA) is 49.4 Å². The van der Waals surface area contributed by atoms with Gasteiger partial charge in [-0.2, -0.15) is 0 Å². The molecule has 4 heteroatoms. The standard InChI is InChI=1S/C25H24N2O2/c28-24-17-22(21-13-7-8-14-23(21)26-24)25(29)27(18-20-11-5-2-6-12-20)16-15-19-9-3-1-4-10-19/h1-14,22H,15-18H2,(H,26,28). The predicted molar refractivity (Wildman–Crippen MR) is 114 cm³/mol. The maximum Gasteiger partial charge on any atom is 0.231 e. The van der Waals surface area contributed by atoms with Crippen molar-refractivity contribution in [1.29, 1.82) is 0 Å². The van der Waals surface area contributed by atoms with Gasteiger partial charge in [0.15, 0.2) is 0 Å². The van der Waals surface area contributed by atoms with Crippen molar-refractivity contribution in [3.63, 3.8) is 0 Å². The van der Waals surface area contributed by atoms with E-state index in [4.69, 9.17) is 0 Å². The Hall–Kier alpha value is -3.40. The van der Waals surface area contributed by atoms with E-state index in [0.29, 0.717) is 13.1 Å². The number of amides is 2. The van der Waals surface area contributed by atoms with Crippen LogP contribution in [0, 0.1) is 0 Å². The van der Waals surface area contributed by atoms with Crippen LogP contribution in [0.1, 0.15) is 29.0 Å². The molecule has 3 aromatic rings. The summed E-state index contributed by atoms with van der Waals surface area (Å²) in [6, 6.07) is 27.8. The number of benzene rings is 3. The van der Waals surface area contributed by atoms with Crippen LogP contribution in [-0.4, -0.2) is 23.3 Å². The molecule has 4 nitrogen and oxygen atoms in total. The van der Waals surface area contributed by atoms with Crippen LogP contribution in [0.3, 0.4) is 0 Å². The highest BCUT2D eigenvalue weighted by molar-refractivity contribution is 6.01. The Morgan fingerprint density at radius 3 is 2.21 bits per heavy atom. The van der Waals surface area contributed by atoms with Crippen molar-refractivity contribution in [2.45, 2.75) is 25.3 Å². The summed E-state index contributed by atoms with van der Waals surface area (Å²) >= 11 is 0. The van der Waals surface area contributed by atoms with Gasteiger partial charge < -0.3 is 10.2 Å². The Bertz CT molecular complexity index is 986. The lowest BCUT2D eigenvalue weighted by atomic mass is 9.89. The molecular formula is C25H24N2O2. The molecule has 29 heavy (non-hydrogen) atoms. The summed E-state index contributed by atoms with van der Waals surface area (Å²) in [5.74, 6) is -0.545. The molecule has 146 valence electrons. The van der Waals surface area contributed by atoms with E-state index in [-0.39, 0.29) is 18.2 Å². The summed E-state index contributed by atoms with van der Waals surface area (Å²) < 4.78 is 0. The first-order valence-electron chi connectivity index (χ1n) is 9.96. The Morgan fingerprint density at radius 2 is 1.48 bits per heavy atom. The first-order valence-corrected chi connectivity index (χ1v) is 9.96. The number of anilines is 1. The molecule has 1 N–H and O–H groups in total. The minimum absolute atomic E-state index is 0.00656. The zero-order chi connectivity index (χ0) is 20.1. The van der Waals surface area contributed by atoms with Crippen LogP contribution in [0.15, 0.2) is 84.9 Å². The molecule has 0 saturated carbocycles. The van der Waals surface area contributed by atoms with E-state index >= 15 is 0 Å². The van der Waals surface area contributed by atoms with Crippen LogP contribution in [-0.2, 0) is 22.6 Å². The first-order chi connectivity index (χ1) is 14.2. The summed E-state index contributed by atoms with van der Waals surface area (Å²) in [6.45, 7) is 1.14. The van der Waals surface area contributed by atoms with E-state index in [0.717, 1.165) is 23.2 Å². The third-order valence-corrected chi connectivity index (χ3v) is 5.34. The minimum Gasteiger partial charge on any atom is -0.337 e. The van der Waals surface area contributed by atoms with Crippen molar-refractivity contribution in [1.82, 2.24) is 4.90 Å².